The molecule has 0 aliphatic rings. The first-order valence-electron chi connectivity index (χ1n) is 6.73. The van der Waals surface area contributed by atoms with Gasteiger partial charge in [-0.2, -0.15) is 5.10 Å². The van der Waals surface area contributed by atoms with E-state index in [4.69, 9.17) is 11.6 Å². The molecule has 21 heavy (non-hydrogen) atoms. The van der Waals surface area contributed by atoms with Crippen molar-refractivity contribution in [1.82, 2.24) is 14.7 Å². The lowest BCUT2D eigenvalue weighted by atomic mass is 10.3. The molecular formula is C15H18ClN3OS. The van der Waals surface area contributed by atoms with Gasteiger partial charge in [-0.1, -0.05) is 17.7 Å². The lowest BCUT2D eigenvalue weighted by molar-refractivity contribution is 0.0752. The van der Waals surface area contributed by atoms with E-state index in [0.717, 1.165) is 4.88 Å². The standard InChI is InChI=1S/C15H18ClN3OS/c1-4-8-18(10-12-7-6-11(3)21-12)15(20)14-13(16)9-17-19(14)5-2/h4,6-7,9H,1,5,8,10H2,2-3H3. The Kier molecular flexibility index (Phi) is 5.20. The maximum Gasteiger partial charge on any atom is 0.274 e. The summed E-state index contributed by atoms with van der Waals surface area (Å²) in [5.41, 5.74) is 0.439. The van der Waals surface area contributed by atoms with Gasteiger partial charge in [0.15, 0.2) is 0 Å². The number of thiophene rings is 1. The predicted molar refractivity (Wildman–Crippen MR) is 86.9 cm³/mol. The van der Waals surface area contributed by atoms with Crippen LogP contribution in [0.1, 0.15) is 27.2 Å². The molecule has 0 unspecified atom stereocenters. The number of nitrogens with zero attached hydrogens (tertiary/aromatic N) is 3. The second-order valence-corrected chi connectivity index (χ2v) is 6.42. The Morgan fingerprint density at radius 2 is 2.33 bits per heavy atom. The Labute approximate surface area is 133 Å². The van der Waals surface area contributed by atoms with Crippen LogP contribution in [0.3, 0.4) is 0 Å². The third kappa shape index (κ3) is 3.54. The molecule has 0 bridgehead atoms. The second-order valence-electron chi connectivity index (χ2n) is 4.64. The van der Waals surface area contributed by atoms with E-state index in [0.29, 0.717) is 30.4 Å². The quantitative estimate of drug-likeness (QED) is 0.759. The smallest absolute Gasteiger partial charge is 0.274 e. The first kappa shape index (κ1) is 15.8. The molecule has 0 saturated carbocycles. The monoisotopic (exact) mass is 323 g/mol. The van der Waals surface area contributed by atoms with Gasteiger partial charge in [0.25, 0.3) is 5.91 Å². The minimum Gasteiger partial charge on any atom is -0.328 e. The topological polar surface area (TPSA) is 38.1 Å². The van der Waals surface area contributed by atoms with Crippen molar-refractivity contribution in [2.45, 2.75) is 26.9 Å². The number of halogens is 1. The molecule has 0 fully saturated rings. The van der Waals surface area contributed by atoms with Crippen molar-refractivity contribution in [2.75, 3.05) is 6.54 Å². The molecule has 2 aromatic rings. The Balaban J connectivity index is 2.26. The minimum absolute atomic E-state index is 0.120. The average Bonchev–Trinajstić information content (AvgIpc) is 3.03. The fraction of sp³-hybridized carbons (Fsp3) is 0.333. The highest BCUT2D eigenvalue weighted by Crippen LogP contribution is 2.21. The van der Waals surface area contributed by atoms with Crippen molar-refractivity contribution in [3.8, 4) is 0 Å². The molecule has 0 aliphatic heterocycles. The molecule has 0 aliphatic carbocycles. The van der Waals surface area contributed by atoms with Crippen LogP contribution in [-0.4, -0.2) is 27.1 Å². The number of rotatable bonds is 6. The Morgan fingerprint density at radius 3 is 2.90 bits per heavy atom. The first-order chi connectivity index (χ1) is 10.1. The van der Waals surface area contributed by atoms with E-state index in [1.165, 1.54) is 11.1 Å². The van der Waals surface area contributed by atoms with Gasteiger partial charge in [-0.05, 0) is 26.0 Å². The highest BCUT2D eigenvalue weighted by molar-refractivity contribution is 7.11. The molecule has 0 N–H and O–H groups in total. The van der Waals surface area contributed by atoms with E-state index in [2.05, 4.69) is 24.7 Å². The summed E-state index contributed by atoms with van der Waals surface area (Å²) in [6.45, 7) is 9.34. The van der Waals surface area contributed by atoms with E-state index >= 15 is 0 Å². The molecule has 2 rings (SSSR count). The van der Waals surface area contributed by atoms with Crippen LogP contribution in [-0.2, 0) is 13.1 Å². The molecule has 4 nitrogen and oxygen atoms in total. The third-order valence-electron chi connectivity index (χ3n) is 3.08. The SMILES string of the molecule is C=CCN(Cc1ccc(C)s1)C(=O)c1c(Cl)cnn1CC. The fourth-order valence-corrected chi connectivity index (χ4v) is 3.23. The van der Waals surface area contributed by atoms with Gasteiger partial charge in [-0.15, -0.1) is 17.9 Å². The van der Waals surface area contributed by atoms with Gasteiger partial charge < -0.3 is 4.90 Å². The average molecular weight is 324 g/mol. The van der Waals surface area contributed by atoms with E-state index in [9.17, 15) is 4.79 Å². The zero-order chi connectivity index (χ0) is 15.4. The van der Waals surface area contributed by atoms with Crippen LogP contribution in [0.25, 0.3) is 0 Å². The maximum absolute atomic E-state index is 12.7. The molecule has 1 amide bonds. The number of hydrogen-bond acceptors (Lipinski definition) is 3. The molecular weight excluding hydrogens is 306 g/mol. The van der Waals surface area contributed by atoms with Crippen LogP contribution < -0.4 is 0 Å². The normalized spacial score (nSPS) is 10.6. The first-order valence-corrected chi connectivity index (χ1v) is 7.93. The third-order valence-corrected chi connectivity index (χ3v) is 4.34. The number of carbonyl (C=O) groups is 1. The van der Waals surface area contributed by atoms with Crippen molar-refractivity contribution in [1.29, 1.82) is 0 Å². The van der Waals surface area contributed by atoms with Crippen molar-refractivity contribution in [3.63, 3.8) is 0 Å². The lowest BCUT2D eigenvalue weighted by Crippen LogP contribution is -2.32. The van der Waals surface area contributed by atoms with Crippen molar-refractivity contribution in [2.24, 2.45) is 0 Å². The second kappa shape index (κ2) is 6.91. The summed E-state index contributed by atoms with van der Waals surface area (Å²) in [6.07, 6.45) is 3.23. The molecule has 0 aromatic carbocycles. The van der Waals surface area contributed by atoms with Gasteiger partial charge >= 0.3 is 0 Å². The number of aromatic nitrogens is 2. The van der Waals surface area contributed by atoms with Gasteiger partial charge in [-0.25, -0.2) is 0 Å². The summed E-state index contributed by atoms with van der Waals surface area (Å²) in [4.78, 5) is 16.8. The van der Waals surface area contributed by atoms with Gasteiger partial charge in [0.2, 0.25) is 0 Å². The highest BCUT2D eigenvalue weighted by atomic mass is 35.5. The summed E-state index contributed by atoms with van der Waals surface area (Å²) >= 11 is 7.80. The van der Waals surface area contributed by atoms with Crippen molar-refractivity contribution >= 4 is 28.8 Å². The molecule has 112 valence electrons. The molecule has 2 heterocycles. The Bertz CT molecular complexity index is 647. The van der Waals surface area contributed by atoms with E-state index in [1.807, 2.05) is 13.0 Å². The van der Waals surface area contributed by atoms with Crippen LogP contribution in [0.2, 0.25) is 5.02 Å². The number of amides is 1. The van der Waals surface area contributed by atoms with Crippen molar-refractivity contribution in [3.05, 3.63) is 51.5 Å². The number of hydrogen-bond donors (Lipinski definition) is 0. The van der Waals surface area contributed by atoms with Gasteiger partial charge in [-0.3, -0.25) is 9.48 Å². The fourth-order valence-electron chi connectivity index (χ4n) is 2.10. The van der Waals surface area contributed by atoms with Crippen molar-refractivity contribution < 1.29 is 4.79 Å². The zero-order valence-corrected chi connectivity index (χ0v) is 13.7. The van der Waals surface area contributed by atoms with E-state index in [1.54, 1.807) is 27.0 Å². The van der Waals surface area contributed by atoms with Gasteiger partial charge in [0.05, 0.1) is 17.8 Å². The summed E-state index contributed by atoms with van der Waals surface area (Å²) in [5, 5.41) is 4.51. The molecule has 0 spiro atoms. The molecule has 0 saturated heterocycles. The Hall–Kier alpha value is -1.59. The zero-order valence-electron chi connectivity index (χ0n) is 12.2. The number of aryl methyl sites for hydroxylation is 2. The Morgan fingerprint density at radius 1 is 1.57 bits per heavy atom. The largest absolute Gasteiger partial charge is 0.328 e. The summed E-state index contributed by atoms with van der Waals surface area (Å²) in [7, 11) is 0. The lowest BCUT2D eigenvalue weighted by Gasteiger charge is -2.21. The van der Waals surface area contributed by atoms with Gasteiger partial charge in [0, 0.05) is 22.8 Å². The van der Waals surface area contributed by atoms with E-state index < -0.39 is 0 Å². The van der Waals surface area contributed by atoms with Crippen LogP contribution in [0, 0.1) is 6.92 Å². The minimum atomic E-state index is -0.120. The van der Waals surface area contributed by atoms with E-state index in [-0.39, 0.29) is 5.91 Å². The maximum atomic E-state index is 12.7. The van der Waals surface area contributed by atoms with Crippen LogP contribution >= 0.6 is 22.9 Å². The number of carbonyl (C=O) groups excluding carboxylic acids is 1. The van der Waals surface area contributed by atoms with Crippen LogP contribution in [0.15, 0.2) is 31.0 Å². The molecule has 0 radical (unpaired) electrons. The van der Waals surface area contributed by atoms with Crippen LogP contribution in [0.5, 0.6) is 0 Å². The molecule has 2 aromatic heterocycles. The summed E-state index contributed by atoms with van der Waals surface area (Å²) < 4.78 is 1.63. The summed E-state index contributed by atoms with van der Waals surface area (Å²) in [6, 6.07) is 4.10. The van der Waals surface area contributed by atoms with Crippen LogP contribution in [0.4, 0.5) is 0 Å². The summed E-state index contributed by atoms with van der Waals surface area (Å²) in [5.74, 6) is -0.120. The highest BCUT2D eigenvalue weighted by Gasteiger charge is 2.22. The predicted octanol–water partition coefficient (Wildman–Crippen LogP) is 3.75. The molecule has 6 heteroatoms. The van der Waals surface area contributed by atoms with Gasteiger partial charge in [0.1, 0.15) is 5.69 Å². The molecule has 0 atom stereocenters.